The molecular formula is C11H14O5S. The summed E-state index contributed by atoms with van der Waals surface area (Å²) in [5, 5.41) is 17.5. The average Bonchev–Trinajstić information content (AvgIpc) is 2.28. The summed E-state index contributed by atoms with van der Waals surface area (Å²) in [6.07, 6.45) is 0. The van der Waals surface area contributed by atoms with Crippen LogP contribution in [-0.2, 0) is 9.84 Å². The molecule has 0 amide bonds. The summed E-state index contributed by atoms with van der Waals surface area (Å²) in [5.41, 5.74) is 0.0409. The second kappa shape index (κ2) is 5.29. The summed E-state index contributed by atoms with van der Waals surface area (Å²) in [5.74, 6) is -1.60. The molecule has 5 nitrogen and oxygen atoms in total. The lowest BCUT2D eigenvalue weighted by Gasteiger charge is -2.09. The minimum Gasteiger partial charge on any atom is -0.478 e. The number of carboxylic acids is 1. The van der Waals surface area contributed by atoms with E-state index in [4.69, 9.17) is 10.2 Å². The highest BCUT2D eigenvalue weighted by molar-refractivity contribution is 7.91. The van der Waals surface area contributed by atoms with E-state index >= 15 is 0 Å². The molecule has 1 aromatic rings. The van der Waals surface area contributed by atoms with Gasteiger partial charge in [-0.05, 0) is 30.2 Å². The molecule has 2 N–H and O–H groups in total. The molecule has 17 heavy (non-hydrogen) atoms. The third-order valence-electron chi connectivity index (χ3n) is 2.28. The molecule has 94 valence electrons. The summed E-state index contributed by atoms with van der Waals surface area (Å²) < 4.78 is 23.6. The minimum atomic E-state index is -3.47. The molecule has 0 fully saturated rings. The molecule has 0 aliphatic heterocycles. The molecule has 0 saturated carbocycles. The molecule has 0 heterocycles. The van der Waals surface area contributed by atoms with Gasteiger partial charge in [-0.25, -0.2) is 13.2 Å². The van der Waals surface area contributed by atoms with Gasteiger partial charge in [-0.3, -0.25) is 0 Å². The fourth-order valence-electron chi connectivity index (χ4n) is 1.33. The maximum absolute atomic E-state index is 11.8. The predicted molar refractivity (Wildman–Crippen MR) is 61.7 cm³/mol. The predicted octanol–water partition coefficient (Wildman–Crippen LogP) is 0.787. The summed E-state index contributed by atoms with van der Waals surface area (Å²) >= 11 is 0. The van der Waals surface area contributed by atoms with Crippen LogP contribution in [0.1, 0.15) is 17.3 Å². The number of carbonyl (C=O) groups is 1. The van der Waals surface area contributed by atoms with E-state index in [2.05, 4.69) is 0 Å². The van der Waals surface area contributed by atoms with Crippen LogP contribution in [0.5, 0.6) is 0 Å². The fourth-order valence-corrected chi connectivity index (χ4v) is 2.93. The summed E-state index contributed by atoms with van der Waals surface area (Å²) in [7, 11) is -3.47. The molecule has 0 bridgehead atoms. The highest BCUT2D eigenvalue weighted by Gasteiger charge is 2.18. The molecule has 1 aromatic carbocycles. The van der Waals surface area contributed by atoms with E-state index in [1.165, 1.54) is 24.3 Å². The van der Waals surface area contributed by atoms with Crippen LogP contribution < -0.4 is 0 Å². The van der Waals surface area contributed by atoms with E-state index in [0.29, 0.717) is 0 Å². The van der Waals surface area contributed by atoms with Gasteiger partial charge in [-0.1, -0.05) is 6.92 Å². The van der Waals surface area contributed by atoms with Crippen LogP contribution in [0.4, 0.5) is 0 Å². The van der Waals surface area contributed by atoms with Crippen molar-refractivity contribution in [3.8, 4) is 0 Å². The first-order valence-electron chi connectivity index (χ1n) is 5.04. The Morgan fingerprint density at radius 2 is 1.82 bits per heavy atom. The molecule has 0 spiro atoms. The summed E-state index contributed by atoms with van der Waals surface area (Å²) in [6, 6.07) is 5.03. The van der Waals surface area contributed by atoms with E-state index in [9.17, 15) is 13.2 Å². The molecule has 1 atom stereocenters. The number of aromatic carboxylic acids is 1. The Balaban J connectivity index is 2.96. The van der Waals surface area contributed by atoms with Crippen molar-refractivity contribution in [2.75, 3.05) is 12.4 Å². The fraction of sp³-hybridized carbons (Fsp3) is 0.364. The lowest BCUT2D eigenvalue weighted by atomic mass is 10.2. The van der Waals surface area contributed by atoms with Gasteiger partial charge in [0.05, 0.1) is 16.2 Å². The highest BCUT2D eigenvalue weighted by Crippen LogP contribution is 2.15. The molecule has 0 aromatic heterocycles. The number of rotatable bonds is 5. The van der Waals surface area contributed by atoms with Gasteiger partial charge in [0, 0.05) is 6.61 Å². The maximum atomic E-state index is 11.8. The van der Waals surface area contributed by atoms with Gasteiger partial charge in [0.25, 0.3) is 0 Å². The molecule has 0 saturated heterocycles. The van der Waals surface area contributed by atoms with Crippen molar-refractivity contribution in [2.24, 2.45) is 5.92 Å². The summed E-state index contributed by atoms with van der Waals surface area (Å²) in [4.78, 5) is 10.7. The van der Waals surface area contributed by atoms with Gasteiger partial charge in [0.2, 0.25) is 0 Å². The van der Waals surface area contributed by atoms with Gasteiger partial charge >= 0.3 is 5.97 Å². The second-order valence-electron chi connectivity index (χ2n) is 3.90. The molecule has 0 radical (unpaired) electrons. The van der Waals surface area contributed by atoms with Crippen LogP contribution in [0.3, 0.4) is 0 Å². The van der Waals surface area contributed by atoms with Gasteiger partial charge in [-0.2, -0.15) is 0 Å². The monoisotopic (exact) mass is 258 g/mol. The number of sulfone groups is 1. The Morgan fingerprint density at radius 3 is 2.24 bits per heavy atom. The van der Waals surface area contributed by atoms with Crippen molar-refractivity contribution < 1.29 is 23.4 Å². The van der Waals surface area contributed by atoms with E-state index in [-0.39, 0.29) is 28.7 Å². The van der Waals surface area contributed by atoms with E-state index < -0.39 is 15.8 Å². The standard InChI is InChI=1S/C11H14O5S/c1-8(6-12)7-17(15,16)10-4-2-9(3-5-10)11(13)14/h2-5,8,12H,6-7H2,1H3,(H,13,14). The number of carboxylic acid groups (broad SMARTS) is 1. The number of aliphatic hydroxyl groups is 1. The lowest BCUT2D eigenvalue weighted by Crippen LogP contribution is -2.16. The lowest BCUT2D eigenvalue weighted by molar-refractivity contribution is 0.0696. The zero-order chi connectivity index (χ0) is 13.1. The van der Waals surface area contributed by atoms with Crippen LogP contribution >= 0.6 is 0 Å². The normalized spacial score (nSPS) is 13.3. The number of aliphatic hydroxyl groups excluding tert-OH is 1. The Labute approximate surface area is 99.6 Å². The van der Waals surface area contributed by atoms with Crippen LogP contribution in [0.15, 0.2) is 29.2 Å². The van der Waals surface area contributed by atoms with Gasteiger partial charge in [-0.15, -0.1) is 0 Å². The molecule has 6 heteroatoms. The summed E-state index contributed by atoms with van der Waals surface area (Å²) in [6.45, 7) is 1.43. The highest BCUT2D eigenvalue weighted by atomic mass is 32.2. The second-order valence-corrected chi connectivity index (χ2v) is 5.93. The first kappa shape index (κ1) is 13.7. The number of benzene rings is 1. The number of hydrogen-bond donors (Lipinski definition) is 2. The molecule has 1 rings (SSSR count). The quantitative estimate of drug-likeness (QED) is 0.814. The molecular weight excluding hydrogens is 244 g/mol. The van der Waals surface area contributed by atoms with Crippen molar-refractivity contribution in [1.29, 1.82) is 0 Å². The SMILES string of the molecule is CC(CO)CS(=O)(=O)c1ccc(C(=O)O)cc1. The van der Waals surface area contributed by atoms with E-state index in [0.717, 1.165) is 0 Å². The van der Waals surface area contributed by atoms with Gasteiger partial charge < -0.3 is 10.2 Å². The van der Waals surface area contributed by atoms with Crippen molar-refractivity contribution in [3.05, 3.63) is 29.8 Å². The van der Waals surface area contributed by atoms with Gasteiger partial charge in [0.1, 0.15) is 0 Å². The topological polar surface area (TPSA) is 91.7 Å². The molecule has 1 unspecified atom stereocenters. The van der Waals surface area contributed by atoms with E-state index in [1.54, 1.807) is 6.92 Å². The number of hydrogen-bond acceptors (Lipinski definition) is 4. The average molecular weight is 258 g/mol. The van der Waals surface area contributed by atoms with Gasteiger partial charge in [0.15, 0.2) is 9.84 Å². The van der Waals surface area contributed by atoms with Crippen LogP contribution in [0.2, 0.25) is 0 Å². The Bertz CT molecular complexity index is 489. The third kappa shape index (κ3) is 3.54. The molecule has 0 aliphatic carbocycles. The third-order valence-corrected chi connectivity index (χ3v) is 4.27. The van der Waals surface area contributed by atoms with E-state index in [1.807, 2.05) is 0 Å². The zero-order valence-electron chi connectivity index (χ0n) is 9.33. The minimum absolute atomic E-state index is 0.0409. The molecule has 0 aliphatic rings. The largest absolute Gasteiger partial charge is 0.478 e. The smallest absolute Gasteiger partial charge is 0.335 e. The first-order valence-corrected chi connectivity index (χ1v) is 6.69. The Hall–Kier alpha value is -1.40. The van der Waals surface area contributed by atoms with Crippen LogP contribution in [0.25, 0.3) is 0 Å². The Morgan fingerprint density at radius 1 is 1.29 bits per heavy atom. The zero-order valence-corrected chi connectivity index (χ0v) is 10.1. The van der Waals surface area contributed by atoms with Crippen molar-refractivity contribution in [2.45, 2.75) is 11.8 Å². The van der Waals surface area contributed by atoms with Crippen molar-refractivity contribution in [3.63, 3.8) is 0 Å². The van der Waals surface area contributed by atoms with Crippen molar-refractivity contribution >= 4 is 15.8 Å². The van der Waals surface area contributed by atoms with Crippen molar-refractivity contribution in [1.82, 2.24) is 0 Å². The Kier molecular flexibility index (Phi) is 4.25. The maximum Gasteiger partial charge on any atom is 0.335 e. The first-order chi connectivity index (χ1) is 7.86. The van der Waals surface area contributed by atoms with Crippen LogP contribution in [-0.4, -0.2) is 37.0 Å². The van der Waals surface area contributed by atoms with Crippen LogP contribution in [0, 0.1) is 5.92 Å².